The molecule has 4 nitrogen and oxygen atoms in total. The van der Waals surface area contributed by atoms with Gasteiger partial charge in [-0.3, -0.25) is 4.79 Å². The quantitative estimate of drug-likeness (QED) is 0.379. The molecule has 0 N–H and O–H groups in total. The molecule has 0 bridgehead atoms. The van der Waals surface area contributed by atoms with Crippen molar-refractivity contribution in [1.29, 1.82) is 0 Å². The molecule has 4 aliphatic carbocycles. The standard InChI is InChI=1S/C32H52O4/c1-19(2)15-28(33)35-23-10-12-30(5)22(16-23)7-8-24-25(30)11-13-31(6)26(24)17-27-29(31)21(4)32(36-27)14-9-20(3)18-34-32/h19-27,29H,7-18H2,1-6H3/t20-,21+,22+,23+,24-,25-,26-,27+,29+,30+,31+,32-/m1/s1. The van der Waals surface area contributed by atoms with Crippen LogP contribution < -0.4 is 0 Å². The van der Waals surface area contributed by atoms with Crippen LogP contribution in [-0.4, -0.2) is 30.6 Å². The maximum atomic E-state index is 12.4. The van der Waals surface area contributed by atoms with Gasteiger partial charge >= 0.3 is 5.97 Å². The van der Waals surface area contributed by atoms with Crippen LogP contribution in [0.15, 0.2) is 0 Å². The summed E-state index contributed by atoms with van der Waals surface area (Å²) in [6.45, 7) is 15.1. The number of fused-ring (bicyclic) bond motifs is 7. The molecule has 6 fully saturated rings. The first-order valence-corrected chi connectivity index (χ1v) is 15.6. The molecule has 0 amide bonds. The summed E-state index contributed by atoms with van der Waals surface area (Å²) in [7, 11) is 0. The van der Waals surface area contributed by atoms with E-state index in [0.717, 1.165) is 43.6 Å². The Labute approximate surface area is 220 Å². The van der Waals surface area contributed by atoms with E-state index in [0.29, 0.717) is 52.9 Å². The van der Waals surface area contributed by atoms with Crippen molar-refractivity contribution in [3.05, 3.63) is 0 Å². The second-order valence-corrected chi connectivity index (χ2v) is 15.2. The number of hydrogen-bond acceptors (Lipinski definition) is 4. The zero-order valence-corrected chi connectivity index (χ0v) is 23.9. The van der Waals surface area contributed by atoms with Crippen LogP contribution in [0.2, 0.25) is 0 Å². The van der Waals surface area contributed by atoms with Crippen LogP contribution in [0, 0.1) is 58.2 Å². The normalized spacial score (nSPS) is 54.0. The van der Waals surface area contributed by atoms with Gasteiger partial charge in [0.15, 0.2) is 5.79 Å². The lowest BCUT2D eigenvalue weighted by Crippen LogP contribution is -2.55. The van der Waals surface area contributed by atoms with Crippen LogP contribution in [-0.2, 0) is 19.0 Å². The third-order valence-corrected chi connectivity index (χ3v) is 12.8. The summed E-state index contributed by atoms with van der Waals surface area (Å²) in [6.07, 6.45) is 13.5. The molecule has 2 heterocycles. The average molecular weight is 501 g/mol. The maximum absolute atomic E-state index is 12.4. The first kappa shape index (κ1) is 25.7. The molecule has 0 aromatic rings. The van der Waals surface area contributed by atoms with Gasteiger partial charge in [0, 0.05) is 18.8 Å². The van der Waals surface area contributed by atoms with Crippen molar-refractivity contribution in [3.8, 4) is 0 Å². The highest BCUT2D eigenvalue weighted by Gasteiger charge is 2.69. The first-order chi connectivity index (χ1) is 17.1. The van der Waals surface area contributed by atoms with E-state index in [4.69, 9.17) is 14.2 Å². The van der Waals surface area contributed by atoms with Crippen molar-refractivity contribution < 1.29 is 19.0 Å². The predicted molar refractivity (Wildman–Crippen MR) is 141 cm³/mol. The van der Waals surface area contributed by atoms with E-state index < -0.39 is 0 Å². The summed E-state index contributed by atoms with van der Waals surface area (Å²) in [4.78, 5) is 12.4. The Morgan fingerprint density at radius 3 is 2.44 bits per heavy atom. The molecule has 0 unspecified atom stereocenters. The molecule has 0 aromatic heterocycles. The topological polar surface area (TPSA) is 44.8 Å². The van der Waals surface area contributed by atoms with Crippen molar-refractivity contribution in [2.45, 2.75) is 130 Å². The van der Waals surface area contributed by atoms with Gasteiger partial charge in [0.05, 0.1) is 12.7 Å². The first-order valence-electron chi connectivity index (χ1n) is 15.6. The molecule has 1 spiro atoms. The van der Waals surface area contributed by atoms with Crippen molar-refractivity contribution >= 4 is 5.97 Å². The van der Waals surface area contributed by atoms with Crippen LogP contribution >= 0.6 is 0 Å². The molecule has 0 radical (unpaired) electrons. The van der Waals surface area contributed by atoms with E-state index in [1.807, 2.05) is 0 Å². The minimum Gasteiger partial charge on any atom is -0.462 e. The Morgan fingerprint density at radius 1 is 0.944 bits per heavy atom. The third-order valence-electron chi connectivity index (χ3n) is 12.8. The minimum atomic E-state index is -0.304. The Kier molecular flexibility index (Phi) is 6.39. The van der Waals surface area contributed by atoms with Crippen LogP contribution in [0.25, 0.3) is 0 Å². The fourth-order valence-electron chi connectivity index (χ4n) is 10.9. The van der Waals surface area contributed by atoms with Crippen molar-refractivity contribution in [2.75, 3.05) is 6.61 Å². The zero-order valence-electron chi connectivity index (χ0n) is 23.9. The lowest BCUT2D eigenvalue weighted by atomic mass is 9.44. The number of hydrogen-bond donors (Lipinski definition) is 0. The molecular weight excluding hydrogens is 448 g/mol. The van der Waals surface area contributed by atoms with Crippen molar-refractivity contribution in [2.24, 2.45) is 58.2 Å². The van der Waals surface area contributed by atoms with Gasteiger partial charge in [0.1, 0.15) is 6.10 Å². The van der Waals surface area contributed by atoms with Gasteiger partial charge in [-0.15, -0.1) is 0 Å². The number of carbonyl (C=O) groups is 1. The lowest BCUT2D eigenvalue weighted by Gasteiger charge is -2.61. The lowest BCUT2D eigenvalue weighted by molar-refractivity contribution is -0.273. The van der Waals surface area contributed by atoms with Crippen LogP contribution in [0.1, 0.15) is 112 Å². The summed E-state index contributed by atoms with van der Waals surface area (Å²) < 4.78 is 19.4. The molecule has 12 atom stereocenters. The van der Waals surface area contributed by atoms with Gasteiger partial charge < -0.3 is 14.2 Å². The van der Waals surface area contributed by atoms with Crippen LogP contribution in [0.4, 0.5) is 0 Å². The minimum absolute atomic E-state index is 0.0153. The second kappa shape index (κ2) is 8.97. The van der Waals surface area contributed by atoms with Gasteiger partial charge in [-0.1, -0.05) is 41.5 Å². The molecule has 36 heavy (non-hydrogen) atoms. The predicted octanol–water partition coefficient (Wildman–Crippen LogP) is 7.39. The Hall–Kier alpha value is -0.610. The summed E-state index contributed by atoms with van der Waals surface area (Å²) in [5.74, 6) is 5.09. The summed E-state index contributed by atoms with van der Waals surface area (Å²) in [6, 6.07) is 0. The molecule has 6 rings (SSSR count). The molecule has 4 saturated carbocycles. The Balaban J connectivity index is 1.15. The van der Waals surface area contributed by atoms with E-state index >= 15 is 0 Å². The molecule has 2 saturated heterocycles. The number of ether oxygens (including phenoxy) is 3. The van der Waals surface area contributed by atoms with E-state index in [-0.39, 0.29) is 17.9 Å². The van der Waals surface area contributed by atoms with E-state index in [1.165, 1.54) is 44.9 Å². The van der Waals surface area contributed by atoms with Gasteiger partial charge in [-0.25, -0.2) is 0 Å². The monoisotopic (exact) mass is 500 g/mol. The number of carbonyl (C=O) groups excluding carboxylic acids is 1. The molecule has 204 valence electrons. The Bertz CT molecular complexity index is 845. The van der Waals surface area contributed by atoms with Crippen LogP contribution in [0.3, 0.4) is 0 Å². The highest BCUT2D eigenvalue weighted by molar-refractivity contribution is 5.69. The highest BCUT2D eigenvalue weighted by atomic mass is 16.7. The smallest absolute Gasteiger partial charge is 0.306 e. The molecule has 0 aromatic carbocycles. The van der Waals surface area contributed by atoms with Gasteiger partial charge in [-0.05, 0) is 110 Å². The van der Waals surface area contributed by atoms with Gasteiger partial charge in [0.2, 0.25) is 0 Å². The largest absolute Gasteiger partial charge is 0.462 e. The molecule has 6 aliphatic rings. The van der Waals surface area contributed by atoms with E-state index in [2.05, 4.69) is 41.5 Å². The Morgan fingerprint density at radius 2 is 1.72 bits per heavy atom. The molecular formula is C32H52O4. The van der Waals surface area contributed by atoms with Crippen molar-refractivity contribution in [1.82, 2.24) is 0 Å². The number of rotatable bonds is 3. The molecule has 4 heteroatoms. The maximum Gasteiger partial charge on any atom is 0.306 e. The van der Waals surface area contributed by atoms with Crippen molar-refractivity contribution in [3.63, 3.8) is 0 Å². The average Bonchev–Trinajstić information content (AvgIpc) is 3.26. The van der Waals surface area contributed by atoms with Gasteiger partial charge in [-0.2, -0.15) is 0 Å². The van der Waals surface area contributed by atoms with Gasteiger partial charge in [0.25, 0.3) is 0 Å². The summed E-state index contributed by atoms with van der Waals surface area (Å²) >= 11 is 0. The summed E-state index contributed by atoms with van der Waals surface area (Å²) in [5, 5.41) is 0. The number of esters is 1. The summed E-state index contributed by atoms with van der Waals surface area (Å²) in [5.41, 5.74) is 0.813. The fraction of sp³-hybridized carbons (Fsp3) is 0.969. The van der Waals surface area contributed by atoms with Crippen LogP contribution in [0.5, 0.6) is 0 Å². The molecule has 2 aliphatic heterocycles. The zero-order chi connectivity index (χ0) is 25.5. The van der Waals surface area contributed by atoms with E-state index in [9.17, 15) is 4.79 Å². The SMILES string of the molecule is CC(C)CC(=O)O[C@H]1CC[C@@]2(C)[C@@H](CC[C@@H]3[C@H]2CC[C@]2(C)[C@@H]4[C@H](C[C@H]32)O[C@]2(CC[C@@H](C)CO2)[C@H]4C)C1. The second-order valence-electron chi connectivity index (χ2n) is 15.2. The fourth-order valence-corrected chi connectivity index (χ4v) is 10.9. The highest BCUT2D eigenvalue weighted by Crippen LogP contribution is 2.71. The third kappa shape index (κ3) is 3.85. The van der Waals surface area contributed by atoms with E-state index in [1.54, 1.807) is 0 Å².